The van der Waals surface area contributed by atoms with E-state index in [4.69, 9.17) is 9.47 Å². The Balaban J connectivity index is 0.00000190. The predicted molar refractivity (Wildman–Crippen MR) is 143 cm³/mol. The molecule has 2 aromatic heterocycles. The first-order chi connectivity index (χ1) is 17.0. The number of piperidine rings is 1. The first-order valence-electron chi connectivity index (χ1n) is 11.7. The molecular formula is C25H30Cl2FN5O4. The lowest BCUT2D eigenvalue weighted by atomic mass is 10.00. The molecule has 0 spiro atoms. The Morgan fingerprint density at radius 3 is 2.92 bits per heavy atom. The topological polar surface area (TPSA) is 109 Å². The van der Waals surface area contributed by atoms with Crippen LogP contribution in [0.5, 0.6) is 11.5 Å². The number of aromatic nitrogens is 2. The van der Waals surface area contributed by atoms with E-state index in [0.717, 1.165) is 29.6 Å². The zero-order valence-corrected chi connectivity index (χ0v) is 21.9. The lowest BCUT2D eigenvalue weighted by Gasteiger charge is -2.36. The average Bonchev–Trinajstić information content (AvgIpc) is 2.87. The van der Waals surface area contributed by atoms with Crippen LogP contribution in [0.4, 0.5) is 10.2 Å². The molecule has 200 valence electrons. The monoisotopic (exact) mass is 553 g/mol. The third-order valence-electron chi connectivity index (χ3n) is 6.56. The number of aliphatic hydroxyl groups excluding tert-OH is 1. The van der Waals surface area contributed by atoms with E-state index in [1.807, 2.05) is 24.3 Å². The fourth-order valence-corrected chi connectivity index (χ4v) is 4.63. The SMILES string of the molecule is COc1ccc2ncc(F)c(CCN3CC[C@@H](NCc4ccc5c(n4)NC(=O)CO5)[C@H](O)C3)c2c1.Cl.Cl. The number of fused-ring (bicyclic) bond motifs is 2. The van der Waals surface area contributed by atoms with E-state index in [0.29, 0.717) is 48.9 Å². The van der Waals surface area contributed by atoms with Gasteiger partial charge in [0.1, 0.15) is 11.6 Å². The van der Waals surface area contributed by atoms with Crippen LogP contribution in [-0.2, 0) is 17.8 Å². The van der Waals surface area contributed by atoms with Crippen molar-refractivity contribution >= 4 is 47.4 Å². The molecule has 12 heteroatoms. The summed E-state index contributed by atoms with van der Waals surface area (Å²) in [6, 6.07) is 9.00. The number of carbonyl (C=O) groups excluding carboxylic acids is 1. The van der Waals surface area contributed by atoms with Gasteiger partial charge in [0.25, 0.3) is 5.91 Å². The Labute approximate surface area is 226 Å². The second kappa shape index (κ2) is 12.7. The normalized spacial score (nSPS) is 19.2. The zero-order chi connectivity index (χ0) is 24.4. The van der Waals surface area contributed by atoms with Crippen LogP contribution in [0.25, 0.3) is 10.9 Å². The summed E-state index contributed by atoms with van der Waals surface area (Å²) in [5.41, 5.74) is 2.09. The smallest absolute Gasteiger partial charge is 0.263 e. The van der Waals surface area contributed by atoms with Gasteiger partial charge in [-0.05, 0) is 49.7 Å². The third-order valence-corrected chi connectivity index (χ3v) is 6.56. The number of nitrogens with zero attached hydrogens (tertiary/aromatic N) is 3. The number of aliphatic hydroxyl groups is 1. The number of ether oxygens (including phenoxy) is 2. The van der Waals surface area contributed by atoms with Crippen molar-refractivity contribution in [2.45, 2.75) is 31.5 Å². The molecule has 4 heterocycles. The van der Waals surface area contributed by atoms with Crippen molar-refractivity contribution in [1.82, 2.24) is 20.2 Å². The Morgan fingerprint density at radius 2 is 2.14 bits per heavy atom. The summed E-state index contributed by atoms with van der Waals surface area (Å²) < 4.78 is 25.3. The van der Waals surface area contributed by atoms with E-state index in [9.17, 15) is 14.3 Å². The average molecular weight is 554 g/mol. The maximum absolute atomic E-state index is 14.6. The summed E-state index contributed by atoms with van der Waals surface area (Å²) in [5.74, 6) is 1.08. The number of anilines is 1. The van der Waals surface area contributed by atoms with E-state index < -0.39 is 6.10 Å². The quantitative estimate of drug-likeness (QED) is 0.409. The molecule has 2 atom stereocenters. The summed E-state index contributed by atoms with van der Waals surface area (Å²) in [4.78, 5) is 22.3. The number of rotatable bonds is 7. The number of halogens is 3. The summed E-state index contributed by atoms with van der Waals surface area (Å²) in [7, 11) is 1.58. The molecule has 1 saturated heterocycles. The number of benzene rings is 1. The van der Waals surface area contributed by atoms with Crippen LogP contribution in [0.15, 0.2) is 36.5 Å². The van der Waals surface area contributed by atoms with Crippen LogP contribution >= 0.6 is 24.8 Å². The van der Waals surface area contributed by atoms with E-state index in [-0.39, 0.29) is 49.2 Å². The molecule has 1 amide bonds. The van der Waals surface area contributed by atoms with Crippen LogP contribution in [0, 0.1) is 5.82 Å². The Kier molecular flexibility index (Phi) is 9.86. The van der Waals surface area contributed by atoms with Gasteiger partial charge >= 0.3 is 0 Å². The molecule has 0 bridgehead atoms. The van der Waals surface area contributed by atoms with Gasteiger partial charge in [-0.1, -0.05) is 0 Å². The van der Waals surface area contributed by atoms with Crippen LogP contribution < -0.4 is 20.1 Å². The molecule has 0 saturated carbocycles. The van der Waals surface area contributed by atoms with E-state index in [1.54, 1.807) is 13.2 Å². The molecule has 2 aliphatic rings. The van der Waals surface area contributed by atoms with E-state index in [2.05, 4.69) is 25.5 Å². The highest BCUT2D eigenvalue weighted by Crippen LogP contribution is 2.27. The fourth-order valence-electron chi connectivity index (χ4n) is 4.63. The summed E-state index contributed by atoms with van der Waals surface area (Å²) in [5, 5.41) is 17.6. The molecule has 1 fully saturated rings. The molecule has 1 aromatic carbocycles. The first kappa shape index (κ1) is 28.8. The van der Waals surface area contributed by atoms with Crippen molar-refractivity contribution in [2.75, 3.05) is 38.7 Å². The largest absolute Gasteiger partial charge is 0.497 e. The van der Waals surface area contributed by atoms with E-state index >= 15 is 0 Å². The van der Waals surface area contributed by atoms with Crippen LogP contribution in [0.2, 0.25) is 0 Å². The first-order valence-corrected chi connectivity index (χ1v) is 11.7. The number of amides is 1. The number of β-amino-alcohol motifs (C(OH)–C–C–N with tert-alkyl or cyclic N) is 1. The number of pyridine rings is 2. The number of methoxy groups -OCH3 is 1. The molecular weight excluding hydrogens is 524 g/mol. The lowest BCUT2D eigenvalue weighted by Crippen LogP contribution is -2.52. The van der Waals surface area contributed by atoms with Gasteiger partial charge in [-0.3, -0.25) is 9.78 Å². The van der Waals surface area contributed by atoms with Gasteiger partial charge in [0.05, 0.1) is 30.6 Å². The zero-order valence-electron chi connectivity index (χ0n) is 20.3. The molecule has 9 nitrogen and oxygen atoms in total. The molecule has 0 unspecified atom stereocenters. The number of nitrogens with one attached hydrogen (secondary N) is 2. The minimum absolute atomic E-state index is 0. The number of hydrogen-bond acceptors (Lipinski definition) is 8. The maximum Gasteiger partial charge on any atom is 0.263 e. The molecule has 3 aromatic rings. The molecule has 5 rings (SSSR count). The van der Waals surface area contributed by atoms with Crippen LogP contribution in [0.3, 0.4) is 0 Å². The minimum Gasteiger partial charge on any atom is -0.497 e. The second-order valence-electron chi connectivity index (χ2n) is 8.85. The van der Waals surface area contributed by atoms with Gasteiger partial charge in [0.15, 0.2) is 18.2 Å². The highest BCUT2D eigenvalue weighted by Gasteiger charge is 2.28. The number of likely N-dealkylation sites (tertiary alicyclic amines) is 1. The van der Waals surface area contributed by atoms with Gasteiger partial charge < -0.3 is 30.1 Å². The fraction of sp³-hybridized carbons (Fsp3) is 0.400. The second-order valence-corrected chi connectivity index (χ2v) is 8.85. The Bertz CT molecular complexity index is 1250. The summed E-state index contributed by atoms with van der Waals surface area (Å²) >= 11 is 0. The van der Waals surface area contributed by atoms with Crippen molar-refractivity contribution in [3.05, 3.63) is 53.6 Å². The summed E-state index contributed by atoms with van der Waals surface area (Å²) in [6.07, 6.45) is 1.96. The third kappa shape index (κ3) is 6.58. The van der Waals surface area contributed by atoms with Crippen molar-refractivity contribution < 1.29 is 23.8 Å². The molecule has 0 radical (unpaired) electrons. The standard InChI is InChI=1S/C25H28FN5O4.2ClH/c1-34-16-3-4-20-18(10-16)17(19(26)12-28-20)6-8-31-9-7-21(22(32)13-31)27-11-15-2-5-23-25(29-15)30-24(33)14-35-23;;/h2-5,10,12,21-22,27,32H,6-9,11,13-14H2,1H3,(H,29,30,33);2*1H/t21-,22-;;/m1../s1. The summed E-state index contributed by atoms with van der Waals surface area (Å²) in [6.45, 7) is 2.36. The maximum atomic E-state index is 14.6. The van der Waals surface area contributed by atoms with Gasteiger partial charge in [-0.2, -0.15) is 0 Å². The van der Waals surface area contributed by atoms with Crippen LogP contribution in [-0.4, -0.2) is 71.4 Å². The van der Waals surface area contributed by atoms with E-state index in [1.165, 1.54) is 6.20 Å². The van der Waals surface area contributed by atoms with Gasteiger partial charge in [-0.25, -0.2) is 9.37 Å². The van der Waals surface area contributed by atoms with Gasteiger partial charge in [-0.15, -0.1) is 24.8 Å². The van der Waals surface area contributed by atoms with Gasteiger partial charge in [0.2, 0.25) is 0 Å². The van der Waals surface area contributed by atoms with Crippen molar-refractivity contribution in [1.29, 1.82) is 0 Å². The molecule has 2 aliphatic heterocycles. The molecule has 37 heavy (non-hydrogen) atoms. The predicted octanol–water partition coefficient (Wildman–Crippen LogP) is 2.72. The highest BCUT2D eigenvalue weighted by atomic mass is 35.5. The van der Waals surface area contributed by atoms with Crippen molar-refractivity contribution in [3.8, 4) is 11.5 Å². The minimum atomic E-state index is -0.566. The van der Waals surface area contributed by atoms with Crippen molar-refractivity contribution in [3.63, 3.8) is 0 Å². The number of hydrogen-bond donors (Lipinski definition) is 3. The Hall–Kier alpha value is -2.76. The van der Waals surface area contributed by atoms with Gasteiger partial charge in [0, 0.05) is 36.6 Å². The Morgan fingerprint density at radius 1 is 1.30 bits per heavy atom. The van der Waals surface area contributed by atoms with Crippen LogP contribution in [0.1, 0.15) is 17.7 Å². The molecule has 0 aliphatic carbocycles. The lowest BCUT2D eigenvalue weighted by molar-refractivity contribution is -0.118. The highest BCUT2D eigenvalue weighted by molar-refractivity contribution is 5.94. The molecule has 3 N–H and O–H groups in total. The number of carbonyl (C=O) groups is 1. The van der Waals surface area contributed by atoms with Crippen molar-refractivity contribution in [2.24, 2.45) is 0 Å².